The Morgan fingerprint density at radius 3 is 2.29 bits per heavy atom. The summed E-state index contributed by atoms with van der Waals surface area (Å²) in [4.78, 5) is 49.1. The highest BCUT2D eigenvalue weighted by Gasteiger charge is 2.37. The van der Waals surface area contributed by atoms with Crippen molar-refractivity contribution in [3.05, 3.63) is 41.5 Å². The highest BCUT2D eigenvalue weighted by atomic mass is 16.5. The number of allylic oxidation sites excluding steroid dienone is 1. The molecule has 1 aromatic carbocycles. The Morgan fingerprint density at radius 1 is 1.18 bits per heavy atom. The topological polar surface area (TPSA) is 113 Å². The summed E-state index contributed by atoms with van der Waals surface area (Å²) in [7, 11) is 3.96. The van der Waals surface area contributed by atoms with Crippen molar-refractivity contribution in [2.24, 2.45) is 0 Å². The van der Waals surface area contributed by atoms with E-state index in [-0.39, 0.29) is 17.1 Å². The summed E-state index contributed by atoms with van der Waals surface area (Å²) in [5.41, 5.74) is 0.829. The van der Waals surface area contributed by atoms with E-state index in [9.17, 15) is 19.2 Å². The summed E-state index contributed by atoms with van der Waals surface area (Å²) in [5, 5.41) is 8.85. The summed E-state index contributed by atoms with van der Waals surface area (Å²) >= 11 is 0. The lowest BCUT2D eigenvalue weighted by Gasteiger charge is -2.28. The van der Waals surface area contributed by atoms with E-state index in [4.69, 9.17) is 14.6 Å². The molecule has 4 amide bonds. The van der Waals surface area contributed by atoms with Crippen molar-refractivity contribution in [3.63, 3.8) is 0 Å². The molecule has 1 fully saturated rings. The molecule has 9 heteroatoms. The number of barbiturate groups is 1. The fraction of sp³-hybridized carbons (Fsp3) is 0.263. The van der Waals surface area contributed by atoms with Gasteiger partial charge in [-0.1, -0.05) is 6.08 Å². The first kappa shape index (κ1) is 20.7. The molecular weight excluding hydrogens is 368 g/mol. The summed E-state index contributed by atoms with van der Waals surface area (Å²) in [6.07, 6.45) is 3.28. The number of carboxylic acid groups (broad SMARTS) is 1. The predicted octanol–water partition coefficient (Wildman–Crippen LogP) is 1.32. The number of carboxylic acids is 1. The number of likely N-dealkylation sites (N-methyl/N-ethyl adjacent to an activating group) is 2. The molecule has 0 saturated carbocycles. The number of methoxy groups -OCH3 is 1. The largest absolute Gasteiger partial charge is 0.493 e. The van der Waals surface area contributed by atoms with E-state index in [1.807, 2.05) is 0 Å². The maximum atomic E-state index is 12.4. The van der Waals surface area contributed by atoms with E-state index in [1.165, 1.54) is 33.3 Å². The highest BCUT2D eigenvalue weighted by molar-refractivity contribution is 6.30. The molecule has 9 nitrogen and oxygen atoms in total. The van der Waals surface area contributed by atoms with Crippen LogP contribution in [0.5, 0.6) is 11.5 Å². The van der Waals surface area contributed by atoms with Crippen molar-refractivity contribution in [2.45, 2.75) is 6.42 Å². The molecule has 1 aliphatic heterocycles. The number of urea groups is 1. The number of carbonyl (C=O) groups excluding carboxylic acids is 3. The summed E-state index contributed by atoms with van der Waals surface area (Å²) < 4.78 is 10.6. The average Bonchev–Trinajstić information content (AvgIpc) is 2.67. The van der Waals surface area contributed by atoms with Crippen LogP contribution in [-0.2, 0) is 20.8 Å². The lowest BCUT2D eigenvalue weighted by molar-refractivity contribution is -0.139. The summed E-state index contributed by atoms with van der Waals surface area (Å²) in [5.74, 6) is -2.11. The zero-order valence-corrected chi connectivity index (χ0v) is 15.7. The number of ether oxygens (including phenoxy) is 2. The minimum atomic E-state index is -1.15. The number of hydrogen-bond donors (Lipinski definition) is 1. The van der Waals surface area contributed by atoms with E-state index in [1.54, 1.807) is 12.1 Å². The van der Waals surface area contributed by atoms with Crippen LogP contribution in [0.15, 0.2) is 30.4 Å². The maximum Gasteiger partial charge on any atom is 0.341 e. The SMILES string of the molecule is C=CCc1cc(C=C2C(=O)N(C)C(=O)N(C)C2=O)cc(OC)c1OCC(=O)O. The van der Waals surface area contributed by atoms with Gasteiger partial charge in [-0.2, -0.15) is 0 Å². The van der Waals surface area contributed by atoms with E-state index in [0.29, 0.717) is 17.5 Å². The molecule has 28 heavy (non-hydrogen) atoms. The van der Waals surface area contributed by atoms with E-state index in [0.717, 1.165) is 9.80 Å². The number of amides is 4. The quantitative estimate of drug-likeness (QED) is 0.426. The van der Waals surface area contributed by atoms with Gasteiger partial charge in [0.25, 0.3) is 11.8 Å². The Balaban J connectivity index is 2.54. The Hall–Kier alpha value is -3.62. The van der Waals surface area contributed by atoms with E-state index < -0.39 is 30.4 Å². The second kappa shape index (κ2) is 8.38. The van der Waals surface area contributed by atoms with Gasteiger partial charge in [0.05, 0.1) is 7.11 Å². The Morgan fingerprint density at radius 2 is 1.79 bits per heavy atom. The number of rotatable bonds is 7. The van der Waals surface area contributed by atoms with Crippen LogP contribution in [0.4, 0.5) is 4.79 Å². The molecule has 0 radical (unpaired) electrons. The fourth-order valence-corrected chi connectivity index (χ4v) is 2.67. The molecule has 0 atom stereocenters. The van der Waals surface area contributed by atoms with Crippen LogP contribution in [0.1, 0.15) is 11.1 Å². The minimum Gasteiger partial charge on any atom is -0.493 e. The molecule has 1 heterocycles. The molecule has 148 valence electrons. The predicted molar refractivity (Wildman–Crippen MR) is 98.9 cm³/mol. The summed E-state index contributed by atoms with van der Waals surface area (Å²) in [6, 6.07) is 2.42. The monoisotopic (exact) mass is 388 g/mol. The number of carbonyl (C=O) groups is 4. The van der Waals surface area contributed by atoms with Gasteiger partial charge < -0.3 is 14.6 Å². The minimum absolute atomic E-state index is 0.185. The molecule has 0 aromatic heterocycles. The van der Waals surface area contributed by atoms with Crippen molar-refractivity contribution in [3.8, 4) is 11.5 Å². The zero-order chi connectivity index (χ0) is 21.0. The van der Waals surface area contributed by atoms with Crippen molar-refractivity contribution in [2.75, 3.05) is 27.8 Å². The number of nitrogens with zero attached hydrogens (tertiary/aromatic N) is 2. The molecule has 0 unspecified atom stereocenters. The number of aliphatic carboxylic acids is 1. The highest BCUT2D eigenvalue weighted by Crippen LogP contribution is 2.34. The first-order valence-electron chi connectivity index (χ1n) is 8.19. The number of benzene rings is 1. The van der Waals surface area contributed by atoms with Crippen LogP contribution in [0, 0.1) is 0 Å². The van der Waals surface area contributed by atoms with E-state index in [2.05, 4.69) is 6.58 Å². The Labute approximate surface area is 161 Å². The molecule has 1 aromatic rings. The molecule has 0 aliphatic carbocycles. The van der Waals surface area contributed by atoms with Crippen LogP contribution in [0.25, 0.3) is 6.08 Å². The lowest BCUT2D eigenvalue weighted by Crippen LogP contribution is -2.52. The van der Waals surface area contributed by atoms with Crippen LogP contribution < -0.4 is 9.47 Å². The van der Waals surface area contributed by atoms with Gasteiger partial charge in [0.15, 0.2) is 18.1 Å². The van der Waals surface area contributed by atoms with Crippen molar-refractivity contribution < 1.29 is 33.8 Å². The molecular formula is C19H20N2O7. The molecule has 0 bridgehead atoms. The molecule has 1 saturated heterocycles. The van der Waals surface area contributed by atoms with Gasteiger partial charge in [0, 0.05) is 19.7 Å². The van der Waals surface area contributed by atoms with Gasteiger partial charge in [-0.15, -0.1) is 6.58 Å². The molecule has 1 N–H and O–H groups in total. The Kier molecular flexibility index (Phi) is 6.19. The van der Waals surface area contributed by atoms with Crippen molar-refractivity contribution in [1.82, 2.24) is 9.80 Å². The second-order valence-electron chi connectivity index (χ2n) is 5.96. The first-order chi connectivity index (χ1) is 13.2. The first-order valence-corrected chi connectivity index (χ1v) is 8.19. The smallest absolute Gasteiger partial charge is 0.341 e. The maximum absolute atomic E-state index is 12.4. The fourth-order valence-electron chi connectivity index (χ4n) is 2.67. The lowest BCUT2D eigenvalue weighted by atomic mass is 10.0. The third-order valence-corrected chi connectivity index (χ3v) is 4.03. The van der Waals surface area contributed by atoms with Gasteiger partial charge in [-0.05, 0) is 30.2 Å². The third kappa shape index (κ3) is 4.03. The van der Waals surface area contributed by atoms with Crippen molar-refractivity contribution in [1.29, 1.82) is 0 Å². The van der Waals surface area contributed by atoms with Gasteiger partial charge in [-0.3, -0.25) is 19.4 Å². The third-order valence-electron chi connectivity index (χ3n) is 4.03. The van der Waals surface area contributed by atoms with Gasteiger partial charge in [0.2, 0.25) is 0 Å². The van der Waals surface area contributed by atoms with Gasteiger partial charge in [-0.25, -0.2) is 9.59 Å². The number of hydrogen-bond acceptors (Lipinski definition) is 6. The molecule has 0 spiro atoms. The average molecular weight is 388 g/mol. The normalized spacial score (nSPS) is 14.2. The molecule has 1 aliphatic rings. The standard InChI is InChI=1S/C19H20N2O7/c1-5-6-12-7-11(9-14(27-4)16(12)28-10-15(22)23)8-13-17(24)20(2)19(26)21(3)18(13)25/h5,7-9H,1,6,10H2,2-4H3,(H,22,23). The van der Waals surface area contributed by atoms with Crippen LogP contribution in [0.3, 0.4) is 0 Å². The number of imide groups is 2. The second-order valence-corrected chi connectivity index (χ2v) is 5.96. The zero-order valence-electron chi connectivity index (χ0n) is 15.7. The Bertz CT molecular complexity index is 863. The van der Waals surface area contributed by atoms with Crippen molar-refractivity contribution >= 4 is 29.9 Å². The molecule has 2 rings (SSSR count). The van der Waals surface area contributed by atoms with Crippen LogP contribution >= 0.6 is 0 Å². The van der Waals surface area contributed by atoms with E-state index >= 15 is 0 Å². The van der Waals surface area contributed by atoms with Gasteiger partial charge in [0.1, 0.15) is 5.57 Å². The van der Waals surface area contributed by atoms with Crippen LogP contribution in [0.2, 0.25) is 0 Å². The van der Waals surface area contributed by atoms with Gasteiger partial charge >= 0.3 is 12.0 Å². The van der Waals surface area contributed by atoms with Crippen LogP contribution in [-0.4, -0.2) is 66.5 Å². The summed E-state index contributed by atoms with van der Waals surface area (Å²) in [6.45, 7) is 3.10.